The number of nitriles is 1. The van der Waals surface area contributed by atoms with E-state index in [9.17, 15) is 15.4 Å². The number of hydrogen-bond donors (Lipinski definition) is 1. The molecule has 2 heterocycles. The Bertz CT molecular complexity index is 1180. The number of thiazole rings is 1. The van der Waals surface area contributed by atoms with E-state index in [0.29, 0.717) is 33.3 Å². The molecule has 0 radical (unpaired) electrons. The number of aryl methyl sites for hydroxylation is 1. The van der Waals surface area contributed by atoms with E-state index in [1.807, 2.05) is 23.6 Å². The molecule has 29 heavy (non-hydrogen) atoms. The number of rotatable bonds is 5. The Morgan fingerprint density at radius 2 is 2.14 bits per heavy atom. The first-order valence-corrected chi connectivity index (χ1v) is 9.41. The van der Waals surface area contributed by atoms with Gasteiger partial charge in [-0.1, -0.05) is 0 Å². The van der Waals surface area contributed by atoms with Gasteiger partial charge >= 0.3 is 0 Å². The first-order valence-electron chi connectivity index (χ1n) is 8.53. The van der Waals surface area contributed by atoms with Crippen LogP contribution in [0.5, 0.6) is 11.5 Å². The molecule has 1 N–H and O–H groups in total. The number of nitro benzene ring substituents is 1. The van der Waals surface area contributed by atoms with Gasteiger partial charge in [-0.3, -0.25) is 10.1 Å². The van der Waals surface area contributed by atoms with Crippen molar-refractivity contribution in [2.45, 2.75) is 6.92 Å². The van der Waals surface area contributed by atoms with Crippen molar-refractivity contribution in [3.05, 3.63) is 68.7 Å². The summed E-state index contributed by atoms with van der Waals surface area (Å²) in [7, 11) is 0. The third-order valence-corrected chi connectivity index (χ3v) is 5.19. The number of hydrogen-bond acceptors (Lipinski definition) is 8. The fourth-order valence-electron chi connectivity index (χ4n) is 2.80. The molecule has 9 heteroatoms. The van der Waals surface area contributed by atoms with Gasteiger partial charge in [-0.15, -0.1) is 11.3 Å². The lowest BCUT2D eigenvalue weighted by molar-refractivity contribution is -0.384. The summed E-state index contributed by atoms with van der Waals surface area (Å²) in [6, 6.07) is 12.2. The zero-order valence-electron chi connectivity index (χ0n) is 15.2. The van der Waals surface area contributed by atoms with Gasteiger partial charge in [0.2, 0.25) is 6.79 Å². The van der Waals surface area contributed by atoms with Gasteiger partial charge in [0.1, 0.15) is 16.6 Å². The summed E-state index contributed by atoms with van der Waals surface area (Å²) in [5.74, 6) is 1.37. The number of nitrogens with zero attached hydrogens (tertiary/aromatic N) is 3. The quantitative estimate of drug-likeness (QED) is 0.370. The summed E-state index contributed by atoms with van der Waals surface area (Å²) < 4.78 is 10.7. The zero-order chi connectivity index (χ0) is 20.4. The molecule has 4 rings (SSSR count). The molecular weight excluding hydrogens is 392 g/mol. The van der Waals surface area contributed by atoms with Crippen LogP contribution in [0.15, 0.2) is 48.0 Å². The zero-order valence-corrected chi connectivity index (χ0v) is 16.0. The summed E-state index contributed by atoms with van der Waals surface area (Å²) in [5.41, 5.74) is 3.36. The molecule has 0 aliphatic carbocycles. The topological polar surface area (TPSA) is 110 Å². The Balaban J connectivity index is 1.56. The fourth-order valence-corrected chi connectivity index (χ4v) is 3.60. The number of anilines is 1. The fraction of sp³-hybridized carbons (Fsp3) is 0.100. The van der Waals surface area contributed by atoms with Gasteiger partial charge < -0.3 is 14.8 Å². The van der Waals surface area contributed by atoms with Crippen LogP contribution < -0.4 is 14.8 Å². The second kappa shape index (κ2) is 7.61. The van der Waals surface area contributed by atoms with Crippen molar-refractivity contribution in [2.75, 3.05) is 12.1 Å². The smallest absolute Gasteiger partial charge is 0.269 e. The molecule has 0 saturated carbocycles. The van der Waals surface area contributed by atoms with E-state index < -0.39 is 4.92 Å². The monoisotopic (exact) mass is 406 g/mol. The van der Waals surface area contributed by atoms with Gasteiger partial charge in [0, 0.05) is 35.0 Å². The number of aromatic nitrogens is 1. The number of benzene rings is 2. The van der Waals surface area contributed by atoms with E-state index >= 15 is 0 Å². The van der Waals surface area contributed by atoms with Crippen LogP contribution in [0.3, 0.4) is 0 Å². The van der Waals surface area contributed by atoms with Crippen molar-refractivity contribution in [3.63, 3.8) is 0 Å². The molecular formula is C20H14N4O4S. The number of nitrogens with one attached hydrogen (secondary N) is 1. The van der Waals surface area contributed by atoms with Crippen LogP contribution in [0.25, 0.3) is 16.8 Å². The number of nitro groups is 1. The van der Waals surface area contributed by atoms with Crippen LogP contribution in [-0.4, -0.2) is 16.7 Å². The molecule has 0 amide bonds. The van der Waals surface area contributed by atoms with Crippen molar-refractivity contribution < 1.29 is 14.4 Å². The van der Waals surface area contributed by atoms with Crippen LogP contribution >= 0.6 is 11.3 Å². The summed E-state index contributed by atoms with van der Waals surface area (Å²) in [4.78, 5) is 15.0. The molecule has 0 unspecified atom stereocenters. The Hall–Kier alpha value is -3.90. The van der Waals surface area contributed by atoms with Crippen molar-refractivity contribution in [1.82, 2.24) is 4.98 Å². The van der Waals surface area contributed by atoms with Crippen LogP contribution in [0.2, 0.25) is 0 Å². The minimum absolute atomic E-state index is 0.0193. The largest absolute Gasteiger partial charge is 0.454 e. The number of ether oxygens (including phenoxy) is 2. The molecule has 1 aromatic heterocycles. The maximum absolute atomic E-state index is 10.9. The highest BCUT2D eigenvalue weighted by atomic mass is 32.1. The van der Waals surface area contributed by atoms with E-state index in [1.165, 1.54) is 23.5 Å². The van der Waals surface area contributed by atoms with Gasteiger partial charge in [0.05, 0.1) is 10.6 Å². The van der Waals surface area contributed by atoms with Gasteiger partial charge in [-0.05, 0) is 36.8 Å². The summed E-state index contributed by atoms with van der Waals surface area (Å²) in [6.45, 7) is 1.96. The van der Waals surface area contributed by atoms with E-state index in [0.717, 1.165) is 11.3 Å². The maximum atomic E-state index is 10.9. The molecule has 0 fully saturated rings. The molecule has 2 aromatic carbocycles. The molecule has 0 saturated heterocycles. The number of non-ortho nitro benzene ring substituents is 1. The Morgan fingerprint density at radius 3 is 2.90 bits per heavy atom. The highest BCUT2D eigenvalue weighted by molar-refractivity contribution is 7.11. The summed E-state index contributed by atoms with van der Waals surface area (Å²) >= 11 is 1.35. The van der Waals surface area contributed by atoms with E-state index in [2.05, 4.69) is 16.4 Å². The molecule has 1 aliphatic rings. The highest BCUT2D eigenvalue weighted by Gasteiger charge is 2.16. The average molecular weight is 406 g/mol. The van der Waals surface area contributed by atoms with Crippen LogP contribution in [0.1, 0.15) is 10.6 Å². The molecule has 1 aliphatic heterocycles. The average Bonchev–Trinajstić information content (AvgIpc) is 3.38. The third kappa shape index (κ3) is 3.74. The Kier molecular flexibility index (Phi) is 4.85. The minimum atomic E-state index is -0.444. The minimum Gasteiger partial charge on any atom is -0.454 e. The third-order valence-electron chi connectivity index (χ3n) is 4.32. The Labute approximate surface area is 169 Å². The van der Waals surface area contributed by atoms with Gasteiger partial charge in [-0.25, -0.2) is 4.98 Å². The van der Waals surface area contributed by atoms with Crippen molar-refractivity contribution in [1.29, 1.82) is 5.26 Å². The number of allylic oxidation sites excluding steroid dienone is 1. The summed E-state index contributed by atoms with van der Waals surface area (Å²) in [6.07, 6.45) is 1.55. The lowest BCUT2D eigenvalue weighted by Gasteiger charge is -2.05. The number of fused-ring (bicyclic) bond motifs is 1. The van der Waals surface area contributed by atoms with E-state index in [-0.39, 0.29) is 12.5 Å². The van der Waals surface area contributed by atoms with Gasteiger partial charge in [0.15, 0.2) is 11.5 Å². The molecule has 3 aromatic rings. The summed E-state index contributed by atoms with van der Waals surface area (Å²) in [5, 5.41) is 25.9. The molecule has 0 bridgehead atoms. The first-order chi connectivity index (χ1) is 14.0. The first kappa shape index (κ1) is 18.5. The standard InChI is InChI=1S/C20H14N4O4S/c1-12-6-15(24(25)26)3-4-16(12)22-9-14(8-21)20-23-17(10-29-20)13-2-5-18-19(7-13)28-11-27-18/h2-7,9-10,22H,11H2,1H3/b14-9+. The van der Waals surface area contributed by atoms with E-state index in [4.69, 9.17) is 9.47 Å². The second-order valence-electron chi connectivity index (χ2n) is 6.18. The Morgan fingerprint density at radius 1 is 1.31 bits per heavy atom. The van der Waals surface area contributed by atoms with Crippen molar-refractivity contribution in [2.24, 2.45) is 0 Å². The predicted octanol–water partition coefficient (Wildman–Crippen LogP) is 4.73. The lowest BCUT2D eigenvalue weighted by Crippen LogP contribution is -1.95. The molecule has 144 valence electrons. The molecule has 0 spiro atoms. The second-order valence-corrected chi connectivity index (χ2v) is 7.03. The van der Waals surface area contributed by atoms with Crippen LogP contribution in [-0.2, 0) is 0 Å². The van der Waals surface area contributed by atoms with Crippen molar-refractivity contribution >= 4 is 28.3 Å². The van der Waals surface area contributed by atoms with Gasteiger partial charge in [0.25, 0.3) is 5.69 Å². The molecule has 8 nitrogen and oxygen atoms in total. The lowest BCUT2D eigenvalue weighted by atomic mass is 10.1. The normalized spacial score (nSPS) is 12.5. The van der Waals surface area contributed by atoms with Crippen molar-refractivity contribution in [3.8, 4) is 28.8 Å². The van der Waals surface area contributed by atoms with Gasteiger partial charge in [-0.2, -0.15) is 5.26 Å². The highest BCUT2D eigenvalue weighted by Crippen LogP contribution is 2.36. The predicted molar refractivity (Wildman–Crippen MR) is 109 cm³/mol. The van der Waals surface area contributed by atoms with E-state index in [1.54, 1.807) is 19.2 Å². The van der Waals surface area contributed by atoms with Crippen LogP contribution in [0.4, 0.5) is 11.4 Å². The molecule has 0 atom stereocenters. The van der Waals surface area contributed by atoms with Crippen LogP contribution in [0, 0.1) is 28.4 Å². The SMILES string of the molecule is Cc1cc([N+](=O)[O-])ccc1N/C=C(\C#N)c1nc(-c2ccc3c(c2)OCO3)cs1. The maximum Gasteiger partial charge on any atom is 0.269 e.